The quantitative estimate of drug-likeness (QED) is 0.651. The van der Waals surface area contributed by atoms with Crippen LogP contribution in [0.15, 0.2) is 36.4 Å². The Morgan fingerprint density at radius 2 is 2.00 bits per heavy atom. The molecule has 2 aromatic carbocycles. The van der Waals surface area contributed by atoms with Crippen molar-refractivity contribution in [2.45, 2.75) is 20.4 Å². The van der Waals surface area contributed by atoms with Crippen molar-refractivity contribution in [3.63, 3.8) is 0 Å². The number of amides is 2. The molecule has 1 aliphatic rings. The van der Waals surface area contributed by atoms with Gasteiger partial charge in [0.05, 0.1) is 4.92 Å². The first-order chi connectivity index (χ1) is 12.5. The maximum absolute atomic E-state index is 12.5. The molecule has 0 bridgehead atoms. The Bertz CT molecular complexity index is 853. The van der Waals surface area contributed by atoms with E-state index in [1.54, 1.807) is 24.0 Å². The van der Waals surface area contributed by atoms with Gasteiger partial charge in [-0.25, -0.2) is 4.79 Å². The minimum Gasteiger partial charge on any atom is -0.454 e. The van der Waals surface area contributed by atoms with Crippen molar-refractivity contribution in [3.8, 4) is 11.5 Å². The van der Waals surface area contributed by atoms with Crippen molar-refractivity contribution < 1.29 is 19.2 Å². The molecule has 0 fully saturated rings. The fourth-order valence-electron chi connectivity index (χ4n) is 2.67. The molecule has 8 nitrogen and oxygen atoms in total. The number of benzene rings is 2. The first-order valence-corrected chi connectivity index (χ1v) is 8.17. The molecule has 0 saturated heterocycles. The lowest BCUT2D eigenvalue weighted by Crippen LogP contribution is -2.34. The number of carbonyl (C=O) groups excluding carboxylic acids is 1. The Balaban J connectivity index is 1.71. The van der Waals surface area contributed by atoms with Crippen molar-refractivity contribution >= 4 is 17.4 Å². The minimum atomic E-state index is -0.463. The topological polar surface area (TPSA) is 93.9 Å². The Hall–Kier alpha value is -3.29. The zero-order valence-electron chi connectivity index (χ0n) is 14.5. The van der Waals surface area contributed by atoms with Gasteiger partial charge in [0.2, 0.25) is 6.79 Å². The van der Waals surface area contributed by atoms with Crippen LogP contribution < -0.4 is 14.8 Å². The average Bonchev–Trinajstić information content (AvgIpc) is 3.08. The summed E-state index contributed by atoms with van der Waals surface area (Å²) >= 11 is 0. The molecule has 1 N–H and O–H groups in total. The summed E-state index contributed by atoms with van der Waals surface area (Å²) in [6, 6.07) is 9.82. The first kappa shape index (κ1) is 17.5. The van der Waals surface area contributed by atoms with Crippen LogP contribution in [0.2, 0.25) is 0 Å². The van der Waals surface area contributed by atoms with Crippen LogP contribution in [0.25, 0.3) is 0 Å². The van der Waals surface area contributed by atoms with Crippen molar-refractivity contribution in [3.05, 3.63) is 57.6 Å². The fraction of sp³-hybridized carbons (Fsp3) is 0.278. The molecule has 2 aromatic rings. The third-order valence-electron chi connectivity index (χ3n) is 4.14. The normalized spacial score (nSPS) is 11.9. The van der Waals surface area contributed by atoms with Gasteiger partial charge in [-0.05, 0) is 37.6 Å². The SMILES string of the molecule is CCN(Cc1ccc2c(c1)OCO2)C(=O)Nc1ccc(C)c([N+](=O)[O-])c1. The molecule has 26 heavy (non-hydrogen) atoms. The number of nitrogens with one attached hydrogen (secondary N) is 1. The third-order valence-corrected chi connectivity index (χ3v) is 4.14. The van der Waals surface area contributed by atoms with Crippen LogP contribution in [-0.4, -0.2) is 29.2 Å². The monoisotopic (exact) mass is 357 g/mol. The molecule has 136 valence electrons. The van der Waals surface area contributed by atoms with Gasteiger partial charge in [0.1, 0.15) is 0 Å². The maximum Gasteiger partial charge on any atom is 0.322 e. The van der Waals surface area contributed by atoms with E-state index >= 15 is 0 Å². The highest BCUT2D eigenvalue weighted by atomic mass is 16.7. The highest BCUT2D eigenvalue weighted by molar-refractivity contribution is 5.89. The highest BCUT2D eigenvalue weighted by Crippen LogP contribution is 2.32. The number of nitrogens with zero attached hydrogens (tertiary/aromatic N) is 2. The van der Waals surface area contributed by atoms with Gasteiger partial charge in [0.25, 0.3) is 5.69 Å². The first-order valence-electron chi connectivity index (χ1n) is 8.17. The largest absolute Gasteiger partial charge is 0.454 e. The zero-order valence-corrected chi connectivity index (χ0v) is 14.5. The van der Waals surface area contributed by atoms with Gasteiger partial charge >= 0.3 is 6.03 Å². The molecule has 1 aliphatic heterocycles. The number of urea groups is 1. The average molecular weight is 357 g/mol. The van der Waals surface area contributed by atoms with Crippen LogP contribution >= 0.6 is 0 Å². The van der Waals surface area contributed by atoms with Crippen molar-refractivity contribution in [1.82, 2.24) is 4.90 Å². The van der Waals surface area contributed by atoms with Gasteiger partial charge in [-0.15, -0.1) is 0 Å². The van der Waals surface area contributed by atoms with E-state index in [1.807, 2.05) is 25.1 Å². The van der Waals surface area contributed by atoms with E-state index in [1.165, 1.54) is 6.07 Å². The van der Waals surface area contributed by atoms with Crippen molar-refractivity contribution in [2.24, 2.45) is 0 Å². The Morgan fingerprint density at radius 1 is 1.23 bits per heavy atom. The molecule has 0 saturated carbocycles. The number of hydrogen-bond acceptors (Lipinski definition) is 5. The second-order valence-corrected chi connectivity index (χ2v) is 5.89. The van der Waals surface area contributed by atoms with Crippen LogP contribution in [0.4, 0.5) is 16.2 Å². The summed E-state index contributed by atoms with van der Waals surface area (Å²) in [4.78, 5) is 24.7. The highest BCUT2D eigenvalue weighted by Gasteiger charge is 2.18. The zero-order chi connectivity index (χ0) is 18.7. The standard InChI is InChI=1S/C18H19N3O5/c1-3-20(10-13-5-7-16-17(8-13)26-11-25-16)18(22)19-14-6-4-12(2)15(9-14)21(23)24/h4-9H,3,10-11H2,1-2H3,(H,19,22). The lowest BCUT2D eigenvalue weighted by Gasteiger charge is -2.21. The minimum absolute atomic E-state index is 0.0263. The van der Waals surface area contributed by atoms with Crippen molar-refractivity contribution in [1.29, 1.82) is 0 Å². The number of anilines is 1. The Morgan fingerprint density at radius 3 is 2.73 bits per heavy atom. The lowest BCUT2D eigenvalue weighted by molar-refractivity contribution is -0.385. The molecule has 8 heteroatoms. The van der Waals surface area contributed by atoms with E-state index in [2.05, 4.69) is 5.32 Å². The van der Waals surface area contributed by atoms with E-state index in [0.29, 0.717) is 35.8 Å². The molecule has 0 radical (unpaired) electrons. The Labute approximate surface area is 150 Å². The number of ether oxygens (including phenoxy) is 2. The number of aryl methyl sites for hydroxylation is 1. The van der Waals surface area contributed by atoms with Crippen LogP contribution in [0.1, 0.15) is 18.1 Å². The molecule has 0 unspecified atom stereocenters. The van der Waals surface area contributed by atoms with Crippen LogP contribution in [0.3, 0.4) is 0 Å². The molecule has 0 aliphatic carbocycles. The van der Waals surface area contributed by atoms with E-state index in [-0.39, 0.29) is 18.5 Å². The van der Waals surface area contributed by atoms with E-state index in [9.17, 15) is 14.9 Å². The molecule has 0 atom stereocenters. The Kier molecular flexibility index (Phi) is 4.92. The molecule has 0 spiro atoms. The summed E-state index contributed by atoms with van der Waals surface area (Å²) in [6.45, 7) is 4.58. The molecule has 1 heterocycles. The van der Waals surface area contributed by atoms with E-state index in [0.717, 1.165) is 5.56 Å². The van der Waals surface area contributed by atoms with Crippen LogP contribution in [0, 0.1) is 17.0 Å². The van der Waals surface area contributed by atoms with Crippen molar-refractivity contribution in [2.75, 3.05) is 18.7 Å². The van der Waals surface area contributed by atoms with Gasteiger partial charge in [0.15, 0.2) is 11.5 Å². The number of nitro benzene ring substituents is 1. The van der Waals surface area contributed by atoms with E-state index < -0.39 is 4.92 Å². The van der Waals surface area contributed by atoms with Gasteiger partial charge in [-0.3, -0.25) is 10.1 Å². The fourth-order valence-corrected chi connectivity index (χ4v) is 2.67. The number of fused-ring (bicyclic) bond motifs is 1. The molecule has 3 rings (SSSR count). The smallest absolute Gasteiger partial charge is 0.322 e. The lowest BCUT2D eigenvalue weighted by atomic mass is 10.2. The molecular weight excluding hydrogens is 338 g/mol. The van der Waals surface area contributed by atoms with Gasteiger partial charge in [0, 0.05) is 30.4 Å². The molecule has 2 amide bonds. The van der Waals surface area contributed by atoms with Gasteiger partial charge in [-0.2, -0.15) is 0 Å². The second-order valence-electron chi connectivity index (χ2n) is 5.89. The van der Waals surface area contributed by atoms with Gasteiger partial charge < -0.3 is 19.7 Å². The summed E-state index contributed by atoms with van der Waals surface area (Å²) in [5.41, 5.74) is 1.81. The summed E-state index contributed by atoms with van der Waals surface area (Å²) in [5, 5.41) is 13.8. The van der Waals surface area contributed by atoms with E-state index in [4.69, 9.17) is 9.47 Å². The summed E-state index contributed by atoms with van der Waals surface area (Å²) in [7, 11) is 0. The number of carbonyl (C=O) groups is 1. The van der Waals surface area contributed by atoms with Crippen LogP contribution in [-0.2, 0) is 6.54 Å². The predicted molar refractivity (Wildman–Crippen MR) is 95.5 cm³/mol. The van der Waals surface area contributed by atoms with Gasteiger partial charge in [-0.1, -0.05) is 12.1 Å². The third kappa shape index (κ3) is 3.69. The summed E-state index contributed by atoms with van der Waals surface area (Å²) in [5.74, 6) is 1.35. The summed E-state index contributed by atoms with van der Waals surface area (Å²) < 4.78 is 10.6. The number of hydrogen-bond donors (Lipinski definition) is 1. The number of rotatable bonds is 5. The van der Waals surface area contributed by atoms with Crippen LogP contribution in [0.5, 0.6) is 11.5 Å². The summed E-state index contributed by atoms with van der Waals surface area (Å²) in [6.07, 6.45) is 0. The number of nitro groups is 1. The second kappa shape index (κ2) is 7.30. The predicted octanol–water partition coefficient (Wildman–Crippen LogP) is 3.69. The molecule has 0 aromatic heterocycles. The molecular formula is C18H19N3O5. The maximum atomic E-state index is 12.5.